The van der Waals surface area contributed by atoms with Crippen LogP contribution in [-0.4, -0.2) is 29.0 Å². The first kappa shape index (κ1) is 16.9. The monoisotopic (exact) mass is 388 g/mol. The molecule has 0 aromatic carbocycles. The van der Waals surface area contributed by atoms with Crippen molar-refractivity contribution in [3.8, 4) is 0 Å². The number of aromatic nitrogens is 2. The molecule has 3 heterocycles. The second-order valence-corrected chi connectivity index (χ2v) is 7.18. The summed E-state index contributed by atoms with van der Waals surface area (Å²) >= 11 is 3.44. The van der Waals surface area contributed by atoms with E-state index in [1.165, 1.54) is 0 Å². The molecule has 3 rings (SSSR count). The van der Waals surface area contributed by atoms with Crippen LogP contribution in [0.2, 0.25) is 0 Å². The second kappa shape index (κ2) is 7.30. The Morgan fingerprint density at radius 2 is 1.96 bits per heavy atom. The van der Waals surface area contributed by atoms with Crippen molar-refractivity contribution in [2.75, 3.05) is 23.3 Å². The fraction of sp³-hybridized carbons (Fsp3) is 0.389. The van der Waals surface area contributed by atoms with E-state index in [1.807, 2.05) is 25.3 Å². The number of aryl methyl sites for hydroxylation is 2. The van der Waals surface area contributed by atoms with E-state index >= 15 is 0 Å². The van der Waals surface area contributed by atoms with Gasteiger partial charge in [0.1, 0.15) is 11.6 Å². The summed E-state index contributed by atoms with van der Waals surface area (Å²) in [6, 6.07) is 5.87. The number of amides is 1. The zero-order chi connectivity index (χ0) is 17.1. The van der Waals surface area contributed by atoms with Crippen LogP contribution in [0.4, 0.5) is 11.6 Å². The number of halogens is 1. The molecule has 2 aromatic rings. The maximum Gasteiger partial charge on any atom is 0.228 e. The molecule has 0 bridgehead atoms. The lowest BCUT2D eigenvalue weighted by atomic mass is 9.95. The lowest BCUT2D eigenvalue weighted by Gasteiger charge is -2.33. The van der Waals surface area contributed by atoms with E-state index in [0.717, 1.165) is 47.3 Å². The van der Waals surface area contributed by atoms with E-state index < -0.39 is 0 Å². The highest BCUT2D eigenvalue weighted by Gasteiger charge is 2.26. The van der Waals surface area contributed by atoms with Gasteiger partial charge in [0.2, 0.25) is 5.91 Å². The van der Waals surface area contributed by atoms with Crippen molar-refractivity contribution in [3.05, 3.63) is 46.2 Å². The lowest BCUT2D eigenvalue weighted by molar-refractivity contribution is -0.120. The molecular weight excluding hydrogens is 368 g/mol. The number of anilines is 2. The second-order valence-electron chi connectivity index (χ2n) is 6.27. The third kappa shape index (κ3) is 3.93. The van der Waals surface area contributed by atoms with Gasteiger partial charge >= 0.3 is 0 Å². The summed E-state index contributed by atoms with van der Waals surface area (Å²) in [5, 5.41) is 2.92. The molecule has 0 radical (unpaired) electrons. The predicted molar refractivity (Wildman–Crippen MR) is 99.2 cm³/mol. The quantitative estimate of drug-likeness (QED) is 0.870. The van der Waals surface area contributed by atoms with Crippen molar-refractivity contribution in [3.63, 3.8) is 0 Å². The molecule has 0 atom stereocenters. The highest BCUT2D eigenvalue weighted by Crippen LogP contribution is 2.26. The van der Waals surface area contributed by atoms with E-state index in [2.05, 4.69) is 49.1 Å². The number of carbonyl (C=O) groups is 1. The number of nitrogens with zero attached hydrogens (tertiary/aromatic N) is 3. The van der Waals surface area contributed by atoms with Crippen LogP contribution in [0.5, 0.6) is 0 Å². The van der Waals surface area contributed by atoms with Gasteiger partial charge in [0, 0.05) is 35.9 Å². The van der Waals surface area contributed by atoms with Crippen molar-refractivity contribution >= 4 is 33.5 Å². The third-order valence-corrected chi connectivity index (χ3v) is 4.78. The molecule has 0 saturated carbocycles. The maximum atomic E-state index is 12.4. The van der Waals surface area contributed by atoms with Crippen molar-refractivity contribution in [1.82, 2.24) is 9.97 Å². The molecule has 2 aromatic heterocycles. The number of rotatable bonds is 3. The summed E-state index contributed by atoms with van der Waals surface area (Å²) in [6.07, 6.45) is 5.24. The third-order valence-electron chi connectivity index (χ3n) is 4.35. The molecule has 126 valence electrons. The Kier molecular flexibility index (Phi) is 5.14. The van der Waals surface area contributed by atoms with E-state index in [1.54, 1.807) is 6.20 Å². The minimum atomic E-state index is 0.0279. The van der Waals surface area contributed by atoms with Crippen LogP contribution in [0.25, 0.3) is 0 Å². The van der Waals surface area contributed by atoms with E-state index in [0.29, 0.717) is 5.82 Å². The fourth-order valence-electron chi connectivity index (χ4n) is 2.99. The zero-order valence-corrected chi connectivity index (χ0v) is 15.5. The van der Waals surface area contributed by atoms with Crippen molar-refractivity contribution in [2.45, 2.75) is 26.7 Å². The molecule has 5 nitrogen and oxygen atoms in total. The molecule has 6 heteroatoms. The zero-order valence-electron chi connectivity index (χ0n) is 13.9. The van der Waals surface area contributed by atoms with Gasteiger partial charge in [-0.15, -0.1) is 0 Å². The van der Waals surface area contributed by atoms with Gasteiger partial charge in [-0.2, -0.15) is 0 Å². The number of pyridine rings is 2. The average Bonchev–Trinajstić information content (AvgIpc) is 2.57. The van der Waals surface area contributed by atoms with Crippen LogP contribution in [0.3, 0.4) is 0 Å². The molecule has 1 aliphatic rings. The molecule has 0 unspecified atom stereocenters. The molecule has 1 aliphatic heterocycles. The largest absolute Gasteiger partial charge is 0.356 e. The molecule has 0 spiro atoms. The summed E-state index contributed by atoms with van der Waals surface area (Å²) in [5.74, 6) is 1.72. The normalized spacial score (nSPS) is 15.4. The first-order valence-electron chi connectivity index (χ1n) is 8.13. The Balaban J connectivity index is 1.58. The van der Waals surface area contributed by atoms with Crippen molar-refractivity contribution in [2.24, 2.45) is 5.92 Å². The van der Waals surface area contributed by atoms with Gasteiger partial charge in [0.05, 0.1) is 0 Å². The molecule has 24 heavy (non-hydrogen) atoms. The smallest absolute Gasteiger partial charge is 0.228 e. The van der Waals surface area contributed by atoms with Crippen molar-refractivity contribution in [1.29, 1.82) is 0 Å². The van der Waals surface area contributed by atoms with E-state index in [9.17, 15) is 4.79 Å². The van der Waals surface area contributed by atoms with Crippen LogP contribution in [0, 0.1) is 19.8 Å². The standard InChI is InChI=1S/C18H21BrN4O/c1-12-3-4-16(20-10-12)22-18(24)14-5-7-23(8-6-14)17-13(2)9-15(19)11-21-17/h3-4,9-11,14H,5-8H2,1-2H3,(H,20,22,24). The predicted octanol–water partition coefficient (Wildman–Crippen LogP) is 3.71. The van der Waals surface area contributed by atoms with Gasteiger partial charge in [-0.25, -0.2) is 9.97 Å². The Bertz CT molecular complexity index is 724. The first-order chi connectivity index (χ1) is 11.5. The number of piperidine rings is 1. The van der Waals surface area contributed by atoms with Gasteiger partial charge in [0.25, 0.3) is 0 Å². The SMILES string of the molecule is Cc1ccc(NC(=O)C2CCN(c3ncc(Br)cc3C)CC2)nc1. The molecule has 1 fully saturated rings. The molecular formula is C18H21BrN4O. The summed E-state index contributed by atoms with van der Waals surface area (Å²) in [5.41, 5.74) is 2.23. The molecule has 0 aliphatic carbocycles. The fourth-order valence-corrected chi connectivity index (χ4v) is 3.43. The minimum absolute atomic E-state index is 0.0279. The van der Waals surface area contributed by atoms with Gasteiger partial charge in [-0.1, -0.05) is 6.07 Å². The summed E-state index contributed by atoms with van der Waals surface area (Å²) in [6.45, 7) is 5.73. The lowest BCUT2D eigenvalue weighted by Crippen LogP contribution is -2.39. The first-order valence-corrected chi connectivity index (χ1v) is 8.93. The van der Waals surface area contributed by atoms with Crippen molar-refractivity contribution < 1.29 is 4.79 Å². The topological polar surface area (TPSA) is 58.1 Å². The Morgan fingerprint density at radius 3 is 2.58 bits per heavy atom. The average molecular weight is 389 g/mol. The summed E-state index contributed by atoms with van der Waals surface area (Å²) < 4.78 is 0.989. The van der Waals surface area contributed by atoms with Gasteiger partial charge in [-0.3, -0.25) is 4.79 Å². The maximum absolute atomic E-state index is 12.4. The summed E-state index contributed by atoms with van der Waals surface area (Å²) in [7, 11) is 0. The molecule has 1 amide bonds. The Labute approximate surface area is 150 Å². The Morgan fingerprint density at radius 1 is 1.21 bits per heavy atom. The number of carbonyl (C=O) groups excluding carboxylic acids is 1. The molecule has 1 saturated heterocycles. The van der Waals surface area contributed by atoms with Gasteiger partial charge < -0.3 is 10.2 Å². The number of nitrogens with one attached hydrogen (secondary N) is 1. The molecule has 1 N–H and O–H groups in total. The Hall–Kier alpha value is -1.95. The minimum Gasteiger partial charge on any atom is -0.356 e. The number of hydrogen-bond donors (Lipinski definition) is 1. The van der Waals surface area contributed by atoms with Gasteiger partial charge in [-0.05, 0) is 65.9 Å². The van der Waals surface area contributed by atoms with Crippen LogP contribution in [-0.2, 0) is 4.79 Å². The van der Waals surface area contributed by atoms with Crippen LogP contribution >= 0.6 is 15.9 Å². The van der Waals surface area contributed by atoms with Crippen LogP contribution in [0.1, 0.15) is 24.0 Å². The summed E-state index contributed by atoms with van der Waals surface area (Å²) in [4.78, 5) is 23.4. The number of hydrogen-bond acceptors (Lipinski definition) is 4. The van der Waals surface area contributed by atoms with Crippen LogP contribution in [0.15, 0.2) is 35.1 Å². The van der Waals surface area contributed by atoms with E-state index in [4.69, 9.17) is 0 Å². The van der Waals surface area contributed by atoms with Gasteiger partial charge in [0.15, 0.2) is 0 Å². The van der Waals surface area contributed by atoms with E-state index in [-0.39, 0.29) is 11.8 Å². The highest BCUT2D eigenvalue weighted by atomic mass is 79.9. The van der Waals surface area contributed by atoms with Crippen LogP contribution < -0.4 is 10.2 Å². The highest BCUT2D eigenvalue weighted by molar-refractivity contribution is 9.10.